The fraction of sp³-hybridized carbons (Fsp3) is 0.417. The van der Waals surface area contributed by atoms with Crippen molar-refractivity contribution in [1.29, 1.82) is 0 Å². The number of rotatable bonds is 5. The third kappa shape index (κ3) is 2.95. The van der Waals surface area contributed by atoms with E-state index in [1.807, 2.05) is 0 Å². The first kappa shape index (κ1) is 13.5. The van der Waals surface area contributed by atoms with E-state index in [1.54, 1.807) is 19.1 Å². The highest BCUT2D eigenvalue weighted by Crippen LogP contribution is 2.17. The fourth-order valence-electron chi connectivity index (χ4n) is 1.41. The summed E-state index contributed by atoms with van der Waals surface area (Å²) in [5, 5.41) is 30.5. The Morgan fingerprint density at radius 1 is 1.29 bits per heavy atom. The van der Waals surface area contributed by atoms with Gasteiger partial charge in [-0.2, -0.15) is 0 Å². The minimum Gasteiger partial charge on any atom is -0.507 e. The van der Waals surface area contributed by atoms with Crippen molar-refractivity contribution in [2.45, 2.75) is 18.9 Å². The van der Waals surface area contributed by atoms with Crippen LogP contribution in [0.1, 0.15) is 23.7 Å². The van der Waals surface area contributed by atoms with E-state index in [1.165, 1.54) is 12.1 Å². The molecule has 0 bridgehead atoms. The van der Waals surface area contributed by atoms with Gasteiger partial charge < -0.3 is 20.6 Å². The summed E-state index contributed by atoms with van der Waals surface area (Å²) in [7, 11) is 0. The van der Waals surface area contributed by atoms with E-state index in [0.29, 0.717) is 6.42 Å². The summed E-state index contributed by atoms with van der Waals surface area (Å²) in [6.45, 7) is 1.02. The molecule has 0 saturated heterocycles. The SMILES string of the molecule is CCC(CO)(CO)NC(=O)c1ccccc1O. The van der Waals surface area contributed by atoms with Crippen molar-refractivity contribution < 1.29 is 20.1 Å². The Bertz CT molecular complexity index is 380. The number of phenolic OH excluding ortho intramolecular Hbond substituents is 1. The minimum absolute atomic E-state index is 0.118. The number of carbonyl (C=O) groups is 1. The van der Waals surface area contributed by atoms with Gasteiger partial charge in [0.2, 0.25) is 0 Å². The molecule has 5 heteroatoms. The number of amides is 1. The first-order chi connectivity index (χ1) is 8.08. The molecule has 0 aliphatic heterocycles. The van der Waals surface area contributed by atoms with Gasteiger partial charge in [-0.25, -0.2) is 0 Å². The lowest BCUT2D eigenvalue weighted by Gasteiger charge is -2.29. The van der Waals surface area contributed by atoms with E-state index in [4.69, 9.17) is 0 Å². The molecule has 5 nitrogen and oxygen atoms in total. The first-order valence-corrected chi connectivity index (χ1v) is 5.41. The third-order valence-electron chi connectivity index (χ3n) is 2.81. The van der Waals surface area contributed by atoms with Crippen LogP contribution in [0.3, 0.4) is 0 Å². The largest absolute Gasteiger partial charge is 0.507 e. The maximum absolute atomic E-state index is 11.9. The van der Waals surface area contributed by atoms with Crippen LogP contribution in [0, 0.1) is 0 Å². The molecular formula is C12H17NO4. The van der Waals surface area contributed by atoms with Crippen LogP contribution in [0.15, 0.2) is 24.3 Å². The van der Waals surface area contributed by atoms with Crippen LogP contribution in [0.2, 0.25) is 0 Å². The Balaban J connectivity index is 2.89. The second-order valence-electron chi connectivity index (χ2n) is 3.92. The van der Waals surface area contributed by atoms with Crippen molar-refractivity contribution in [3.05, 3.63) is 29.8 Å². The lowest BCUT2D eigenvalue weighted by atomic mass is 9.97. The number of aromatic hydroxyl groups is 1. The van der Waals surface area contributed by atoms with Gasteiger partial charge in [0.05, 0.1) is 24.3 Å². The molecular weight excluding hydrogens is 222 g/mol. The molecule has 94 valence electrons. The molecule has 0 saturated carbocycles. The highest BCUT2D eigenvalue weighted by molar-refractivity contribution is 5.97. The Morgan fingerprint density at radius 3 is 2.35 bits per heavy atom. The van der Waals surface area contributed by atoms with Crippen molar-refractivity contribution in [3.63, 3.8) is 0 Å². The number of phenols is 1. The number of nitrogens with one attached hydrogen (secondary N) is 1. The van der Waals surface area contributed by atoms with Gasteiger partial charge in [0.15, 0.2) is 0 Å². The van der Waals surface area contributed by atoms with E-state index < -0.39 is 11.4 Å². The summed E-state index contributed by atoms with van der Waals surface area (Å²) in [6, 6.07) is 6.11. The second-order valence-corrected chi connectivity index (χ2v) is 3.92. The number of aliphatic hydroxyl groups excluding tert-OH is 2. The van der Waals surface area contributed by atoms with Gasteiger partial charge in [-0.05, 0) is 18.6 Å². The lowest BCUT2D eigenvalue weighted by molar-refractivity contribution is 0.0651. The second kappa shape index (κ2) is 5.65. The van der Waals surface area contributed by atoms with Gasteiger partial charge in [-0.15, -0.1) is 0 Å². The van der Waals surface area contributed by atoms with Crippen LogP contribution in [-0.2, 0) is 0 Å². The van der Waals surface area contributed by atoms with Crippen molar-refractivity contribution >= 4 is 5.91 Å². The molecule has 4 N–H and O–H groups in total. The zero-order valence-electron chi connectivity index (χ0n) is 9.68. The van der Waals surface area contributed by atoms with Crippen molar-refractivity contribution in [3.8, 4) is 5.75 Å². The van der Waals surface area contributed by atoms with Gasteiger partial charge >= 0.3 is 0 Å². The Hall–Kier alpha value is -1.59. The van der Waals surface area contributed by atoms with Gasteiger partial charge in [0.25, 0.3) is 5.91 Å². The minimum atomic E-state index is -1.06. The zero-order chi connectivity index (χ0) is 12.9. The molecule has 0 fully saturated rings. The van der Waals surface area contributed by atoms with E-state index in [0.717, 1.165) is 0 Å². The van der Waals surface area contributed by atoms with Crippen molar-refractivity contribution in [2.75, 3.05) is 13.2 Å². The van der Waals surface area contributed by atoms with Gasteiger partial charge in [0.1, 0.15) is 5.75 Å². The van der Waals surface area contributed by atoms with Gasteiger partial charge in [-0.1, -0.05) is 19.1 Å². The van der Waals surface area contributed by atoms with Crippen molar-refractivity contribution in [2.24, 2.45) is 0 Å². The summed E-state index contributed by atoms with van der Waals surface area (Å²) >= 11 is 0. The molecule has 0 spiro atoms. The maximum atomic E-state index is 11.9. The molecule has 0 aromatic heterocycles. The Kier molecular flexibility index (Phi) is 4.48. The monoisotopic (exact) mass is 239 g/mol. The summed E-state index contributed by atoms with van der Waals surface area (Å²) in [5.74, 6) is -0.654. The fourth-order valence-corrected chi connectivity index (χ4v) is 1.41. The van der Waals surface area contributed by atoms with Gasteiger partial charge in [0, 0.05) is 0 Å². The lowest BCUT2D eigenvalue weighted by Crippen LogP contribution is -2.53. The standard InChI is InChI=1S/C12H17NO4/c1-2-12(7-14,8-15)13-11(17)9-5-3-4-6-10(9)16/h3-6,14-16H,2,7-8H2,1H3,(H,13,17). The number of hydrogen-bond donors (Lipinski definition) is 4. The molecule has 0 unspecified atom stereocenters. The van der Waals surface area contributed by atoms with Crippen LogP contribution < -0.4 is 5.32 Å². The normalized spacial score (nSPS) is 11.2. The Labute approximate surface area is 99.7 Å². The third-order valence-corrected chi connectivity index (χ3v) is 2.81. The molecule has 1 rings (SSSR count). The quantitative estimate of drug-likeness (QED) is 0.593. The maximum Gasteiger partial charge on any atom is 0.255 e. The van der Waals surface area contributed by atoms with Gasteiger partial charge in [-0.3, -0.25) is 4.79 Å². The van der Waals surface area contributed by atoms with E-state index in [9.17, 15) is 20.1 Å². The average Bonchev–Trinajstić information content (AvgIpc) is 2.36. The number of aliphatic hydroxyl groups is 2. The molecule has 0 heterocycles. The highest BCUT2D eigenvalue weighted by atomic mass is 16.3. The summed E-state index contributed by atoms with van der Waals surface area (Å²) in [4.78, 5) is 11.9. The zero-order valence-corrected chi connectivity index (χ0v) is 9.68. The topological polar surface area (TPSA) is 89.8 Å². The molecule has 1 aromatic rings. The molecule has 1 amide bonds. The number of hydrogen-bond acceptors (Lipinski definition) is 4. The molecule has 0 radical (unpaired) electrons. The molecule has 0 aliphatic carbocycles. The molecule has 1 aromatic carbocycles. The summed E-state index contributed by atoms with van der Waals surface area (Å²) in [5.41, 5.74) is -0.938. The van der Waals surface area contributed by atoms with Crippen LogP contribution in [-0.4, -0.2) is 40.0 Å². The highest BCUT2D eigenvalue weighted by Gasteiger charge is 2.29. The molecule has 0 aliphatic rings. The summed E-state index contributed by atoms with van der Waals surface area (Å²) < 4.78 is 0. The predicted molar refractivity (Wildman–Crippen MR) is 62.8 cm³/mol. The van der Waals surface area contributed by atoms with Crippen molar-refractivity contribution in [1.82, 2.24) is 5.32 Å². The van der Waals surface area contributed by atoms with Crippen LogP contribution in [0.4, 0.5) is 0 Å². The average molecular weight is 239 g/mol. The predicted octanol–water partition coefficient (Wildman–Crippen LogP) is 0.255. The van der Waals surface area contributed by atoms with Crippen LogP contribution in [0.25, 0.3) is 0 Å². The number of carbonyl (C=O) groups excluding carboxylic acids is 1. The molecule has 0 atom stereocenters. The van der Waals surface area contributed by atoms with E-state index >= 15 is 0 Å². The van der Waals surface area contributed by atoms with E-state index in [2.05, 4.69) is 5.32 Å². The Morgan fingerprint density at radius 2 is 1.88 bits per heavy atom. The number of benzene rings is 1. The number of para-hydroxylation sites is 1. The smallest absolute Gasteiger partial charge is 0.255 e. The van der Waals surface area contributed by atoms with E-state index in [-0.39, 0.29) is 24.5 Å². The molecule has 17 heavy (non-hydrogen) atoms. The first-order valence-electron chi connectivity index (χ1n) is 5.41. The van der Waals surface area contributed by atoms with Crippen LogP contribution in [0.5, 0.6) is 5.75 Å². The summed E-state index contributed by atoms with van der Waals surface area (Å²) in [6.07, 6.45) is 0.388. The van der Waals surface area contributed by atoms with Crippen LogP contribution >= 0.6 is 0 Å².